The average molecular weight is 452 g/mol. The van der Waals surface area contributed by atoms with Gasteiger partial charge in [0.05, 0.1) is 5.56 Å². The van der Waals surface area contributed by atoms with E-state index in [2.05, 4.69) is 27.6 Å². The van der Waals surface area contributed by atoms with Crippen molar-refractivity contribution in [2.45, 2.75) is 12.8 Å². The largest absolute Gasteiger partial charge is 0.454 e. The fraction of sp³-hybridized carbons (Fsp3) is 0.278. The van der Waals surface area contributed by atoms with Crippen molar-refractivity contribution in [3.8, 4) is 0 Å². The molecule has 1 aromatic carbocycles. The molecular weight excluding hydrogens is 435 g/mol. The molecule has 6 nitrogen and oxygen atoms in total. The number of nitrogens with zero attached hydrogens (tertiary/aromatic N) is 1. The van der Waals surface area contributed by atoms with Gasteiger partial charge in [0, 0.05) is 28.4 Å². The Kier molecular flexibility index (Phi) is 5.52. The molecule has 0 saturated carbocycles. The van der Waals surface area contributed by atoms with Crippen molar-refractivity contribution in [1.29, 1.82) is 0 Å². The number of Topliss-reactive ketones (excluding diaryl/α,β-unsaturated/α-hetero) is 1. The predicted octanol–water partition coefficient (Wildman–Crippen LogP) is 2.90. The minimum Gasteiger partial charge on any atom is -0.454 e. The lowest BCUT2D eigenvalue weighted by Crippen LogP contribution is -2.27. The molecule has 1 aliphatic heterocycles. The van der Waals surface area contributed by atoms with E-state index in [0.29, 0.717) is 16.8 Å². The molecule has 0 bridgehead atoms. The second-order valence-corrected chi connectivity index (χ2v) is 7.06. The first-order chi connectivity index (χ1) is 12.0. The van der Waals surface area contributed by atoms with Crippen LogP contribution in [0.1, 0.15) is 44.0 Å². The number of likely N-dealkylation sites (tertiary alicyclic amines) is 1. The van der Waals surface area contributed by atoms with E-state index in [1.807, 2.05) is 6.07 Å². The van der Waals surface area contributed by atoms with Crippen molar-refractivity contribution in [3.05, 3.63) is 56.9 Å². The summed E-state index contributed by atoms with van der Waals surface area (Å²) in [6, 6.07) is 8.46. The number of halogens is 1. The molecule has 2 heterocycles. The first-order valence-corrected chi connectivity index (χ1v) is 9.06. The molecule has 0 aliphatic carbocycles. The third-order valence-electron chi connectivity index (χ3n) is 4.02. The Bertz CT molecular complexity index is 809. The zero-order chi connectivity index (χ0) is 17.8. The number of amides is 1. The van der Waals surface area contributed by atoms with Crippen LogP contribution in [-0.4, -0.2) is 47.2 Å². The number of hydrogen-bond acceptors (Lipinski definition) is 4. The first kappa shape index (κ1) is 17.7. The minimum atomic E-state index is -0.546. The molecule has 0 radical (unpaired) electrons. The molecular formula is C18H17IN2O4. The smallest absolute Gasteiger partial charge is 0.338 e. The Hall–Kier alpha value is -2.16. The number of aromatic nitrogens is 1. The van der Waals surface area contributed by atoms with Gasteiger partial charge in [-0.05, 0) is 59.7 Å². The minimum absolute atomic E-state index is 0.104. The van der Waals surface area contributed by atoms with Crippen LogP contribution in [0.3, 0.4) is 0 Å². The zero-order valence-corrected chi connectivity index (χ0v) is 15.6. The third kappa shape index (κ3) is 4.28. The van der Waals surface area contributed by atoms with Crippen LogP contribution in [0.5, 0.6) is 0 Å². The number of carbonyl (C=O) groups is 3. The van der Waals surface area contributed by atoms with E-state index < -0.39 is 5.97 Å². The van der Waals surface area contributed by atoms with Crippen LogP contribution >= 0.6 is 22.6 Å². The lowest BCUT2D eigenvalue weighted by molar-refractivity contribution is 0.0474. The van der Waals surface area contributed by atoms with Gasteiger partial charge in [-0.15, -0.1) is 0 Å². The highest BCUT2D eigenvalue weighted by atomic mass is 127. The van der Waals surface area contributed by atoms with Gasteiger partial charge in [0.25, 0.3) is 5.91 Å². The molecule has 0 spiro atoms. The monoisotopic (exact) mass is 452 g/mol. The summed E-state index contributed by atoms with van der Waals surface area (Å²) in [5, 5.41) is 0. The summed E-state index contributed by atoms with van der Waals surface area (Å²) in [6.45, 7) is 1.13. The molecule has 1 saturated heterocycles. The van der Waals surface area contributed by atoms with Crippen molar-refractivity contribution in [2.24, 2.45) is 0 Å². The van der Waals surface area contributed by atoms with Gasteiger partial charge in [-0.3, -0.25) is 9.59 Å². The number of esters is 1. The van der Waals surface area contributed by atoms with E-state index in [9.17, 15) is 14.4 Å². The van der Waals surface area contributed by atoms with Crippen LogP contribution < -0.4 is 0 Å². The fourth-order valence-electron chi connectivity index (χ4n) is 2.68. The highest BCUT2D eigenvalue weighted by molar-refractivity contribution is 14.1. The maximum absolute atomic E-state index is 12.3. The first-order valence-electron chi connectivity index (χ1n) is 7.98. The highest BCUT2D eigenvalue weighted by Crippen LogP contribution is 2.14. The average Bonchev–Trinajstić information content (AvgIpc) is 3.30. The van der Waals surface area contributed by atoms with Gasteiger partial charge in [0.15, 0.2) is 6.61 Å². The van der Waals surface area contributed by atoms with Gasteiger partial charge < -0.3 is 14.6 Å². The van der Waals surface area contributed by atoms with Crippen LogP contribution in [0.15, 0.2) is 36.5 Å². The predicted molar refractivity (Wildman–Crippen MR) is 99.7 cm³/mol. The number of ketones is 1. The van der Waals surface area contributed by atoms with Gasteiger partial charge in [-0.25, -0.2) is 4.79 Å². The summed E-state index contributed by atoms with van der Waals surface area (Å²) in [4.78, 5) is 41.0. The third-order valence-corrected chi connectivity index (χ3v) is 4.69. The molecule has 130 valence electrons. The maximum atomic E-state index is 12.3. The molecule has 0 atom stereocenters. The Balaban J connectivity index is 1.58. The SMILES string of the molecule is O=C(COC(=O)c1cccc(I)c1)c1c[nH]c(C(=O)N2CCCC2)c1. The van der Waals surface area contributed by atoms with Crippen LogP contribution in [-0.2, 0) is 4.74 Å². The van der Waals surface area contributed by atoms with Crippen LogP contribution in [0.2, 0.25) is 0 Å². The second-order valence-electron chi connectivity index (χ2n) is 5.81. The van der Waals surface area contributed by atoms with E-state index in [0.717, 1.165) is 29.5 Å². The molecule has 1 fully saturated rings. The van der Waals surface area contributed by atoms with Crippen LogP contribution in [0.4, 0.5) is 0 Å². The van der Waals surface area contributed by atoms with Gasteiger partial charge in [-0.1, -0.05) is 6.07 Å². The Morgan fingerprint density at radius 1 is 1.12 bits per heavy atom. The number of aromatic amines is 1. The number of hydrogen-bond donors (Lipinski definition) is 1. The number of benzene rings is 1. The quantitative estimate of drug-likeness (QED) is 0.430. The fourth-order valence-corrected chi connectivity index (χ4v) is 3.23. The standard InChI is InChI=1S/C18H17IN2O4/c19-14-5-3-4-12(8-14)18(24)25-11-16(22)13-9-15(20-10-13)17(23)21-6-1-2-7-21/h3-5,8-10,20H,1-2,6-7,11H2. The van der Waals surface area contributed by atoms with Crippen molar-refractivity contribution in [2.75, 3.05) is 19.7 Å². The molecule has 25 heavy (non-hydrogen) atoms. The van der Waals surface area contributed by atoms with E-state index in [-0.39, 0.29) is 18.3 Å². The number of ether oxygens (including phenoxy) is 1. The molecule has 0 unspecified atom stereocenters. The normalized spacial score (nSPS) is 13.7. The Labute approximate surface area is 158 Å². The van der Waals surface area contributed by atoms with E-state index >= 15 is 0 Å². The molecule has 3 rings (SSSR count). The van der Waals surface area contributed by atoms with Crippen LogP contribution in [0, 0.1) is 3.57 Å². The highest BCUT2D eigenvalue weighted by Gasteiger charge is 2.22. The second kappa shape index (κ2) is 7.81. The number of H-pyrrole nitrogens is 1. The molecule has 1 N–H and O–H groups in total. The van der Waals surface area contributed by atoms with E-state index in [1.165, 1.54) is 12.3 Å². The molecule has 7 heteroatoms. The number of nitrogens with one attached hydrogen (secondary N) is 1. The van der Waals surface area contributed by atoms with Gasteiger partial charge in [0.2, 0.25) is 5.78 Å². The lowest BCUT2D eigenvalue weighted by Gasteiger charge is -2.13. The van der Waals surface area contributed by atoms with Crippen LogP contribution in [0.25, 0.3) is 0 Å². The number of rotatable bonds is 5. The van der Waals surface area contributed by atoms with Crippen molar-refractivity contribution in [1.82, 2.24) is 9.88 Å². The topological polar surface area (TPSA) is 79.5 Å². The summed E-state index contributed by atoms with van der Waals surface area (Å²) in [7, 11) is 0. The summed E-state index contributed by atoms with van der Waals surface area (Å²) < 4.78 is 5.98. The lowest BCUT2D eigenvalue weighted by atomic mass is 10.2. The van der Waals surface area contributed by atoms with Crippen molar-refractivity contribution >= 4 is 40.3 Å². The van der Waals surface area contributed by atoms with Gasteiger partial charge in [0.1, 0.15) is 5.69 Å². The molecule has 1 aliphatic rings. The molecule has 1 amide bonds. The van der Waals surface area contributed by atoms with Gasteiger partial charge >= 0.3 is 5.97 Å². The Morgan fingerprint density at radius 2 is 1.88 bits per heavy atom. The van der Waals surface area contributed by atoms with E-state index in [1.54, 1.807) is 23.1 Å². The summed E-state index contributed by atoms with van der Waals surface area (Å²) in [5.74, 6) is -1.00. The summed E-state index contributed by atoms with van der Waals surface area (Å²) in [5.41, 5.74) is 1.12. The summed E-state index contributed by atoms with van der Waals surface area (Å²) in [6.07, 6.45) is 3.49. The van der Waals surface area contributed by atoms with Gasteiger partial charge in [-0.2, -0.15) is 0 Å². The zero-order valence-electron chi connectivity index (χ0n) is 13.5. The van der Waals surface area contributed by atoms with Crippen molar-refractivity contribution < 1.29 is 19.1 Å². The van der Waals surface area contributed by atoms with Crippen molar-refractivity contribution in [3.63, 3.8) is 0 Å². The summed E-state index contributed by atoms with van der Waals surface area (Å²) >= 11 is 2.10. The molecule has 2 aromatic rings. The molecule has 1 aromatic heterocycles. The maximum Gasteiger partial charge on any atom is 0.338 e. The number of carbonyl (C=O) groups excluding carboxylic acids is 3. The van der Waals surface area contributed by atoms with E-state index in [4.69, 9.17) is 4.74 Å². The Morgan fingerprint density at radius 3 is 2.60 bits per heavy atom.